The van der Waals surface area contributed by atoms with Gasteiger partial charge in [0, 0.05) is 12.2 Å². The van der Waals surface area contributed by atoms with E-state index in [1.54, 1.807) is 24.3 Å². The number of anilines is 1. The van der Waals surface area contributed by atoms with E-state index in [0.717, 1.165) is 11.1 Å². The van der Waals surface area contributed by atoms with Gasteiger partial charge >= 0.3 is 11.8 Å². The lowest BCUT2D eigenvalue weighted by Gasteiger charge is -2.08. The van der Waals surface area contributed by atoms with Crippen molar-refractivity contribution in [2.45, 2.75) is 13.5 Å². The highest BCUT2D eigenvalue weighted by Crippen LogP contribution is 2.12. The van der Waals surface area contributed by atoms with Crippen LogP contribution in [-0.2, 0) is 20.9 Å². The minimum atomic E-state index is -0.859. The SMILES string of the molecule is Cc1cccc(NC(=O)COc2ccc(/C=N\NC(=O)C(=O)NCc3ccccc3)cc2)c1. The van der Waals surface area contributed by atoms with Crippen LogP contribution in [0.2, 0.25) is 0 Å². The Morgan fingerprint density at radius 1 is 0.909 bits per heavy atom. The van der Waals surface area contributed by atoms with Crippen molar-refractivity contribution in [3.05, 3.63) is 95.6 Å². The average molecular weight is 444 g/mol. The smallest absolute Gasteiger partial charge is 0.329 e. The van der Waals surface area contributed by atoms with Crippen molar-refractivity contribution in [2.75, 3.05) is 11.9 Å². The Labute approximate surface area is 191 Å². The number of aryl methyl sites for hydroxylation is 1. The number of nitrogens with zero attached hydrogens (tertiary/aromatic N) is 1. The molecule has 0 heterocycles. The van der Waals surface area contributed by atoms with Gasteiger partial charge < -0.3 is 15.4 Å². The van der Waals surface area contributed by atoms with Crippen molar-refractivity contribution in [3.63, 3.8) is 0 Å². The number of hydrogen-bond acceptors (Lipinski definition) is 5. The monoisotopic (exact) mass is 444 g/mol. The summed E-state index contributed by atoms with van der Waals surface area (Å²) in [6.45, 7) is 2.07. The van der Waals surface area contributed by atoms with Gasteiger partial charge in [-0.2, -0.15) is 5.10 Å². The fourth-order valence-electron chi connectivity index (χ4n) is 2.79. The van der Waals surface area contributed by atoms with Crippen molar-refractivity contribution in [1.29, 1.82) is 0 Å². The van der Waals surface area contributed by atoms with Crippen molar-refractivity contribution in [1.82, 2.24) is 10.7 Å². The van der Waals surface area contributed by atoms with Gasteiger partial charge in [0.1, 0.15) is 5.75 Å². The van der Waals surface area contributed by atoms with E-state index in [9.17, 15) is 14.4 Å². The van der Waals surface area contributed by atoms with E-state index in [1.807, 2.05) is 61.5 Å². The third-order valence-electron chi connectivity index (χ3n) is 4.43. The summed E-state index contributed by atoms with van der Waals surface area (Å²) >= 11 is 0. The summed E-state index contributed by atoms with van der Waals surface area (Å²) in [5.74, 6) is -1.39. The molecule has 0 saturated carbocycles. The lowest BCUT2D eigenvalue weighted by Crippen LogP contribution is -2.37. The van der Waals surface area contributed by atoms with Crippen LogP contribution >= 0.6 is 0 Å². The predicted octanol–water partition coefficient (Wildman–Crippen LogP) is 2.78. The summed E-state index contributed by atoms with van der Waals surface area (Å²) in [5, 5.41) is 9.08. The summed E-state index contributed by atoms with van der Waals surface area (Å²) < 4.78 is 5.48. The molecule has 0 unspecified atom stereocenters. The van der Waals surface area contributed by atoms with E-state index in [-0.39, 0.29) is 19.1 Å². The van der Waals surface area contributed by atoms with Crippen LogP contribution in [0.4, 0.5) is 5.69 Å². The maximum absolute atomic E-state index is 12.0. The number of rotatable bonds is 8. The van der Waals surface area contributed by atoms with Gasteiger partial charge in [-0.15, -0.1) is 0 Å². The van der Waals surface area contributed by atoms with Gasteiger partial charge in [0.25, 0.3) is 5.91 Å². The second-order valence-corrected chi connectivity index (χ2v) is 7.14. The maximum Gasteiger partial charge on any atom is 0.329 e. The quantitative estimate of drug-likeness (QED) is 0.282. The summed E-state index contributed by atoms with van der Waals surface area (Å²) in [7, 11) is 0. The molecule has 8 heteroatoms. The number of carbonyl (C=O) groups excluding carboxylic acids is 3. The van der Waals surface area contributed by atoms with Crippen molar-refractivity contribution in [2.24, 2.45) is 5.10 Å². The highest BCUT2D eigenvalue weighted by Gasteiger charge is 2.11. The number of benzene rings is 3. The minimum Gasteiger partial charge on any atom is -0.484 e. The lowest BCUT2D eigenvalue weighted by atomic mass is 10.2. The predicted molar refractivity (Wildman–Crippen MR) is 126 cm³/mol. The van der Waals surface area contributed by atoms with Crippen LogP contribution in [0.1, 0.15) is 16.7 Å². The van der Waals surface area contributed by atoms with E-state index in [2.05, 4.69) is 21.2 Å². The van der Waals surface area contributed by atoms with E-state index < -0.39 is 11.8 Å². The molecule has 3 aromatic carbocycles. The highest BCUT2D eigenvalue weighted by atomic mass is 16.5. The van der Waals surface area contributed by atoms with Gasteiger partial charge in [-0.25, -0.2) is 5.43 Å². The van der Waals surface area contributed by atoms with Crippen LogP contribution in [0.25, 0.3) is 0 Å². The number of hydrazone groups is 1. The molecule has 0 radical (unpaired) electrons. The number of nitrogens with one attached hydrogen (secondary N) is 3. The first-order valence-electron chi connectivity index (χ1n) is 10.2. The molecular weight excluding hydrogens is 420 g/mol. The first kappa shape index (κ1) is 23.2. The molecule has 3 rings (SSSR count). The van der Waals surface area contributed by atoms with Crippen LogP contribution in [0.3, 0.4) is 0 Å². The normalized spacial score (nSPS) is 10.5. The summed E-state index contributed by atoms with van der Waals surface area (Å²) in [4.78, 5) is 35.6. The summed E-state index contributed by atoms with van der Waals surface area (Å²) in [6, 6.07) is 23.5. The molecule has 8 nitrogen and oxygen atoms in total. The highest BCUT2D eigenvalue weighted by molar-refractivity contribution is 6.35. The molecule has 33 heavy (non-hydrogen) atoms. The fourth-order valence-corrected chi connectivity index (χ4v) is 2.79. The zero-order valence-electron chi connectivity index (χ0n) is 18.1. The molecule has 0 atom stereocenters. The summed E-state index contributed by atoms with van der Waals surface area (Å²) in [5.41, 5.74) is 5.51. The standard InChI is InChI=1S/C25H24N4O4/c1-18-6-5-9-21(14-18)28-23(30)17-33-22-12-10-20(11-13-22)16-27-29-25(32)24(31)26-15-19-7-3-2-4-8-19/h2-14,16H,15,17H2,1H3,(H,26,31)(H,28,30)(H,29,32)/b27-16-. The molecule has 3 amide bonds. The Kier molecular flexibility index (Phi) is 8.30. The molecular formula is C25H24N4O4. The Morgan fingerprint density at radius 3 is 2.39 bits per heavy atom. The van der Waals surface area contributed by atoms with E-state index in [4.69, 9.17) is 4.74 Å². The molecule has 3 aromatic rings. The first-order chi connectivity index (χ1) is 16.0. The fraction of sp³-hybridized carbons (Fsp3) is 0.120. The largest absolute Gasteiger partial charge is 0.484 e. The van der Waals surface area contributed by atoms with E-state index in [0.29, 0.717) is 17.0 Å². The molecule has 0 spiro atoms. The number of ether oxygens (including phenoxy) is 1. The molecule has 168 valence electrons. The molecule has 0 saturated heterocycles. The zero-order chi connectivity index (χ0) is 23.5. The Morgan fingerprint density at radius 2 is 1.67 bits per heavy atom. The number of hydrogen-bond donors (Lipinski definition) is 3. The zero-order valence-corrected chi connectivity index (χ0v) is 18.1. The van der Waals surface area contributed by atoms with Crippen molar-refractivity contribution in [3.8, 4) is 5.75 Å². The minimum absolute atomic E-state index is 0.129. The lowest BCUT2D eigenvalue weighted by molar-refractivity contribution is -0.139. The maximum atomic E-state index is 12.0. The van der Waals surface area contributed by atoms with Gasteiger partial charge in [-0.1, -0.05) is 42.5 Å². The Bertz CT molecular complexity index is 1130. The summed E-state index contributed by atoms with van der Waals surface area (Å²) in [6.07, 6.45) is 1.40. The van der Waals surface area contributed by atoms with Gasteiger partial charge in [-0.05, 0) is 60.0 Å². The molecule has 0 aliphatic rings. The Hall–Kier alpha value is -4.46. The van der Waals surface area contributed by atoms with Gasteiger partial charge in [0.2, 0.25) is 0 Å². The van der Waals surface area contributed by atoms with E-state index in [1.165, 1.54) is 6.21 Å². The van der Waals surface area contributed by atoms with Crippen LogP contribution in [0.15, 0.2) is 84.0 Å². The molecule has 0 aliphatic carbocycles. The topological polar surface area (TPSA) is 109 Å². The Balaban J connectivity index is 1.39. The third-order valence-corrected chi connectivity index (χ3v) is 4.43. The number of carbonyl (C=O) groups is 3. The second-order valence-electron chi connectivity index (χ2n) is 7.14. The average Bonchev–Trinajstić information content (AvgIpc) is 2.82. The molecule has 0 fully saturated rings. The first-order valence-corrected chi connectivity index (χ1v) is 10.2. The van der Waals surface area contributed by atoms with Crippen molar-refractivity contribution < 1.29 is 19.1 Å². The molecule has 3 N–H and O–H groups in total. The van der Waals surface area contributed by atoms with Crippen LogP contribution in [-0.4, -0.2) is 30.5 Å². The van der Waals surface area contributed by atoms with Crippen LogP contribution in [0, 0.1) is 6.92 Å². The van der Waals surface area contributed by atoms with Gasteiger partial charge in [0.15, 0.2) is 6.61 Å². The van der Waals surface area contributed by atoms with Crippen LogP contribution < -0.4 is 20.8 Å². The second kappa shape index (κ2) is 11.8. The third kappa shape index (κ3) is 7.95. The van der Waals surface area contributed by atoms with Crippen LogP contribution in [0.5, 0.6) is 5.75 Å². The number of amides is 3. The molecule has 0 bridgehead atoms. The molecule has 0 aliphatic heterocycles. The molecule has 0 aromatic heterocycles. The van der Waals surface area contributed by atoms with Gasteiger partial charge in [-0.3, -0.25) is 14.4 Å². The van der Waals surface area contributed by atoms with Gasteiger partial charge in [0.05, 0.1) is 6.21 Å². The van der Waals surface area contributed by atoms with E-state index >= 15 is 0 Å². The van der Waals surface area contributed by atoms with Crippen molar-refractivity contribution >= 4 is 29.6 Å².